The van der Waals surface area contributed by atoms with Gasteiger partial charge in [0, 0.05) is 17.9 Å². The Kier molecular flexibility index (Phi) is 1.63. The molecule has 1 aromatic rings. The van der Waals surface area contributed by atoms with Crippen molar-refractivity contribution in [3.05, 3.63) is 23.5 Å². The van der Waals surface area contributed by atoms with Gasteiger partial charge in [-0.1, -0.05) is 0 Å². The van der Waals surface area contributed by atoms with Crippen molar-refractivity contribution in [2.75, 3.05) is 0 Å². The van der Waals surface area contributed by atoms with Crippen LogP contribution in [0.4, 0.5) is 0 Å². The molecule has 0 spiro atoms. The zero-order valence-corrected chi connectivity index (χ0v) is 6.75. The Morgan fingerprint density at radius 2 is 2.42 bits per heavy atom. The summed E-state index contributed by atoms with van der Waals surface area (Å²) in [5.74, 6) is 0.634. The first-order valence-electron chi connectivity index (χ1n) is 4.15. The first-order chi connectivity index (χ1) is 5.81. The largest absolute Gasteiger partial charge is 0.362 e. The predicted octanol–water partition coefficient (Wildman–Crippen LogP) is 1.30. The molecule has 1 aliphatic carbocycles. The monoisotopic (exact) mass is 161 g/mol. The van der Waals surface area contributed by atoms with Gasteiger partial charge in [-0.25, -0.2) is 0 Å². The van der Waals surface area contributed by atoms with E-state index in [0.717, 1.165) is 5.69 Å². The summed E-state index contributed by atoms with van der Waals surface area (Å²) in [5.41, 5.74) is 7.59. The Morgan fingerprint density at radius 1 is 1.67 bits per heavy atom. The normalized spacial score (nSPS) is 18.7. The molecule has 1 heterocycles. The van der Waals surface area contributed by atoms with Crippen molar-refractivity contribution in [2.45, 2.75) is 18.9 Å². The molecule has 1 aromatic heterocycles. The minimum absolute atomic E-state index is 0.104. The van der Waals surface area contributed by atoms with Crippen molar-refractivity contribution in [3.8, 4) is 6.07 Å². The number of nitrogens with two attached hydrogens (primary N) is 1. The van der Waals surface area contributed by atoms with Gasteiger partial charge in [0.1, 0.15) is 6.07 Å². The fourth-order valence-electron chi connectivity index (χ4n) is 1.38. The van der Waals surface area contributed by atoms with Crippen LogP contribution in [0.15, 0.2) is 12.3 Å². The first kappa shape index (κ1) is 7.38. The van der Waals surface area contributed by atoms with Gasteiger partial charge in [0.25, 0.3) is 0 Å². The molecule has 0 aromatic carbocycles. The van der Waals surface area contributed by atoms with E-state index in [-0.39, 0.29) is 6.04 Å². The van der Waals surface area contributed by atoms with E-state index < -0.39 is 0 Å². The molecule has 0 bridgehead atoms. The highest BCUT2D eigenvalue weighted by molar-refractivity contribution is 5.30. The molecule has 1 saturated carbocycles. The van der Waals surface area contributed by atoms with Crippen molar-refractivity contribution in [2.24, 2.45) is 11.7 Å². The van der Waals surface area contributed by atoms with Crippen LogP contribution >= 0.6 is 0 Å². The standard InChI is InChI=1S/C9H11N3/c10-4-6-3-8(12-5-6)9(11)7-1-2-7/h3,5,7,9,12H,1-2,11H2/t9-/m1/s1. The second-order valence-electron chi connectivity index (χ2n) is 3.32. The molecule has 3 N–H and O–H groups in total. The van der Waals surface area contributed by atoms with E-state index in [1.807, 2.05) is 6.07 Å². The van der Waals surface area contributed by atoms with E-state index in [9.17, 15) is 0 Å². The van der Waals surface area contributed by atoms with Crippen LogP contribution < -0.4 is 5.73 Å². The lowest BCUT2D eigenvalue weighted by Gasteiger charge is -2.05. The highest BCUT2D eigenvalue weighted by atomic mass is 14.8. The van der Waals surface area contributed by atoms with Crippen LogP contribution in [0.1, 0.15) is 30.1 Å². The average Bonchev–Trinajstić information content (AvgIpc) is 2.82. The number of hydrogen-bond donors (Lipinski definition) is 2. The number of aromatic amines is 1. The van der Waals surface area contributed by atoms with Crippen LogP contribution in [0.2, 0.25) is 0 Å². The summed E-state index contributed by atoms with van der Waals surface area (Å²) in [6.07, 6.45) is 4.15. The lowest BCUT2D eigenvalue weighted by molar-refractivity contribution is 0.618. The SMILES string of the molecule is N#Cc1c[nH]c([C@H](N)C2CC2)c1. The molecule has 2 rings (SSSR count). The number of aromatic nitrogens is 1. The van der Waals surface area contributed by atoms with Gasteiger partial charge >= 0.3 is 0 Å². The Labute approximate surface area is 71.2 Å². The molecule has 12 heavy (non-hydrogen) atoms. The van der Waals surface area contributed by atoms with Gasteiger partial charge in [-0.05, 0) is 24.8 Å². The zero-order valence-electron chi connectivity index (χ0n) is 6.75. The van der Waals surface area contributed by atoms with E-state index in [1.54, 1.807) is 6.20 Å². The summed E-state index contributed by atoms with van der Waals surface area (Å²) >= 11 is 0. The van der Waals surface area contributed by atoms with Crippen LogP contribution in [0.3, 0.4) is 0 Å². The molecule has 62 valence electrons. The Morgan fingerprint density at radius 3 is 2.92 bits per heavy atom. The summed E-state index contributed by atoms with van der Waals surface area (Å²) < 4.78 is 0. The minimum Gasteiger partial charge on any atom is -0.362 e. The van der Waals surface area contributed by atoms with Gasteiger partial charge in [-0.3, -0.25) is 0 Å². The van der Waals surface area contributed by atoms with Crippen LogP contribution in [-0.2, 0) is 0 Å². The highest BCUT2D eigenvalue weighted by Crippen LogP contribution is 2.38. The van der Waals surface area contributed by atoms with E-state index in [2.05, 4.69) is 11.1 Å². The van der Waals surface area contributed by atoms with Crippen molar-refractivity contribution >= 4 is 0 Å². The number of nitrogens with one attached hydrogen (secondary N) is 1. The maximum atomic E-state index is 8.58. The van der Waals surface area contributed by atoms with Gasteiger partial charge in [0.2, 0.25) is 0 Å². The van der Waals surface area contributed by atoms with E-state index in [4.69, 9.17) is 11.0 Å². The molecular weight excluding hydrogens is 150 g/mol. The summed E-state index contributed by atoms with van der Waals surface area (Å²) in [4.78, 5) is 3.03. The second-order valence-corrected chi connectivity index (χ2v) is 3.32. The quantitative estimate of drug-likeness (QED) is 0.686. The molecule has 1 fully saturated rings. The Bertz CT molecular complexity index is 317. The minimum atomic E-state index is 0.104. The summed E-state index contributed by atoms with van der Waals surface area (Å²) in [6, 6.07) is 4.01. The molecule has 1 atom stereocenters. The number of nitrogens with zero attached hydrogens (tertiary/aromatic N) is 1. The van der Waals surface area contributed by atoms with Crippen LogP contribution in [0.5, 0.6) is 0 Å². The van der Waals surface area contributed by atoms with Crippen molar-refractivity contribution < 1.29 is 0 Å². The number of rotatable bonds is 2. The van der Waals surface area contributed by atoms with Crippen LogP contribution in [0, 0.1) is 17.2 Å². The summed E-state index contributed by atoms with van der Waals surface area (Å²) in [6.45, 7) is 0. The molecule has 0 aliphatic heterocycles. The smallest absolute Gasteiger partial charge is 0.101 e. The second kappa shape index (κ2) is 2.65. The fourth-order valence-corrected chi connectivity index (χ4v) is 1.38. The van der Waals surface area contributed by atoms with E-state index in [1.165, 1.54) is 12.8 Å². The highest BCUT2D eigenvalue weighted by Gasteiger charge is 2.30. The molecule has 0 saturated heterocycles. The zero-order chi connectivity index (χ0) is 8.55. The van der Waals surface area contributed by atoms with Crippen molar-refractivity contribution in [1.29, 1.82) is 5.26 Å². The molecule has 0 radical (unpaired) electrons. The molecule has 3 nitrogen and oxygen atoms in total. The third kappa shape index (κ3) is 1.21. The predicted molar refractivity (Wildman–Crippen MR) is 45.2 cm³/mol. The van der Waals surface area contributed by atoms with Gasteiger partial charge in [-0.2, -0.15) is 5.26 Å². The van der Waals surface area contributed by atoms with Crippen LogP contribution in [0.25, 0.3) is 0 Å². The maximum Gasteiger partial charge on any atom is 0.101 e. The number of nitriles is 1. The maximum absolute atomic E-state index is 8.58. The summed E-state index contributed by atoms with van der Waals surface area (Å²) in [5, 5.41) is 8.58. The average molecular weight is 161 g/mol. The number of H-pyrrole nitrogens is 1. The van der Waals surface area contributed by atoms with Crippen molar-refractivity contribution in [3.63, 3.8) is 0 Å². The van der Waals surface area contributed by atoms with Gasteiger partial charge < -0.3 is 10.7 Å². The molecule has 3 heteroatoms. The molecular formula is C9H11N3. The first-order valence-corrected chi connectivity index (χ1v) is 4.15. The van der Waals surface area contributed by atoms with Gasteiger partial charge in [-0.15, -0.1) is 0 Å². The van der Waals surface area contributed by atoms with Gasteiger partial charge in [0.15, 0.2) is 0 Å². The molecule has 0 unspecified atom stereocenters. The third-order valence-electron chi connectivity index (χ3n) is 2.32. The summed E-state index contributed by atoms with van der Waals surface area (Å²) in [7, 11) is 0. The third-order valence-corrected chi connectivity index (χ3v) is 2.32. The molecule has 0 amide bonds. The fraction of sp³-hybridized carbons (Fsp3) is 0.444. The van der Waals surface area contributed by atoms with E-state index >= 15 is 0 Å². The lowest BCUT2D eigenvalue weighted by Crippen LogP contribution is -2.12. The Hall–Kier alpha value is -1.27. The Balaban J connectivity index is 2.17. The number of hydrogen-bond acceptors (Lipinski definition) is 2. The van der Waals surface area contributed by atoms with Gasteiger partial charge in [0.05, 0.1) is 5.56 Å². The lowest BCUT2D eigenvalue weighted by atomic mass is 10.1. The topological polar surface area (TPSA) is 65.6 Å². The molecule has 1 aliphatic rings. The van der Waals surface area contributed by atoms with E-state index in [0.29, 0.717) is 11.5 Å². The van der Waals surface area contributed by atoms with Crippen molar-refractivity contribution in [1.82, 2.24) is 4.98 Å². The van der Waals surface area contributed by atoms with Crippen LogP contribution in [-0.4, -0.2) is 4.98 Å².